The van der Waals surface area contributed by atoms with Crippen LogP contribution in [0, 0.1) is 5.92 Å². The van der Waals surface area contributed by atoms with Crippen LogP contribution in [-0.2, 0) is 0 Å². The summed E-state index contributed by atoms with van der Waals surface area (Å²) in [6.45, 7) is 15.0. The molecule has 0 unspecified atom stereocenters. The number of rotatable bonds is 21. The summed E-state index contributed by atoms with van der Waals surface area (Å²) in [7, 11) is 0. The summed E-state index contributed by atoms with van der Waals surface area (Å²) in [6.07, 6.45) is 25.9. The number of nitrogens with zero attached hydrogens (tertiary/aromatic N) is 2. The van der Waals surface area contributed by atoms with E-state index in [-0.39, 0.29) is 0 Å². The Balaban J connectivity index is 1.86. The Morgan fingerprint density at radius 2 is 1.00 bits per heavy atom. The summed E-state index contributed by atoms with van der Waals surface area (Å²) in [5, 5.41) is 0. The average Bonchev–Trinajstić information content (AvgIpc) is 2.75. The van der Waals surface area contributed by atoms with Crippen molar-refractivity contribution in [2.45, 2.75) is 136 Å². The number of unbranched alkanes of at least 4 members (excludes halogenated alkanes) is 13. The molecule has 0 atom stereocenters. The second-order valence-corrected chi connectivity index (χ2v) is 10.2. The lowest BCUT2D eigenvalue weighted by Gasteiger charge is -2.35. The minimum absolute atomic E-state index is 0.954. The zero-order valence-electron chi connectivity index (χ0n) is 21.4. The Morgan fingerprint density at radius 1 is 0.567 bits per heavy atom. The summed E-state index contributed by atoms with van der Waals surface area (Å²) in [5.74, 6) is 0.954. The van der Waals surface area contributed by atoms with Gasteiger partial charge in [0.25, 0.3) is 0 Å². The summed E-state index contributed by atoms with van der Waals surface area (Å²) in [6, 6.07) is 0. The third kappa shape index (κ3) is 15.7. The van der Waals surface area contributed by atoms with Gasteiger partial charge in [-0.05, 0) is 70.7 Å². The summed E-state index contributed by atoms with van der Waals surface area (Å²) >= 11 is 0. The lowest BCUT2D eigenvalue weighted by atomic mass is 9.95. The molecule has 1 aliphatic rings. The molecule has 180 valence electrons. The highest BCUT2D eigenvalue weighted by molar-refractivity contribution is 4.75. The van der Waals surface area contributed by atoms with Gasteiger partial charge in [-0.2, -0.15) is 0 Å². The van der Waals surface area contributed by atoms with Crippen molar-refractivity contribution in [2.24, 2.45) is 5.92 Å². The van der Waals surface area contributed by atoms with Crippen LogP contribution in [0.15, 0.2) is 0 Å². The maximum absolute atomic E-state index is 2.75. The van der Waals surface area contributed by atoms with Gasteiger partial charge in [0.2, 0.25) is 0 Å². The first-order valence-corrected chi connectivity index (χ1v) is 14.2. The molecule has 0 aliphatic carbocycles. The average molecular weight is 423 g/mol. The molecule has 1 rings (SSSR count). The Morgan fingerprint density at radius 3 is 1.43 bits per heavy atom. The molecule has 1 heterocycles. The molecule has 0 bridgehead atoms. The molecule has 0 aromatic heterocycles. The molecule has 2 heteroatoms. The molecular weight excluding hydrogens is 364 g/mol. The van der Waals surface area contributed by atoms with Gasteiger partial charge in [-0.25, -0.2) is 0 Å². The highest BCUT2D eigenvalue weighted by Gasteiger charge is 2.20. The highest BCUT2D eigenvalue weighted by Crippen LogP contribution is 2.20. The van der Waals surface area contributed by atoms with Crippen LogP contribution in [0.4, 0.5) is 0 Å². The third-order valence-electron chi connectivity index (χ3n) is 7.13. The van der Waals surface area contributed by atoms with Gasteiger partial charge < -0.3 is 9.80 Å². The van der Waals surface area contributed by atoms with E-state index in [4.69, 9.17) is 0 Å². The Bertz CT molecular complexity index is 330. The van der Waals surface area contributed by atoms with Crippen LogP contribution in [0.2, 0.25) is 0 Å². The largest absolute Gasteiger partial charge is 0.303 e. The van der Waals surface area contributed by atoms with Gasteiger partial charge in [0.05, 0.1) is 0 Å². The molecule has 1 aliphatic heterocycles. The molecule has 2 nitrogen and oxygen atoms in total. The van der Waals surface area contributed by atoms with Crippen molar-refractivity contribution in [1.29, 1.82) is 0 Å². The van der Waals surface area contributed by atoms with Gasteiger partial charge in [-0.3, -0.25) is 0 Å². The number of hydrogen-bond donors (Lipinski definition) is 0. The fraction of sp³-hybridized carbons (Fsp3) is 1.00. The summed E-state index contributed by atoms with van der Waals surface area (Å²) < 4.78 is 0. The van der Waals surface area contributed by atoms with E-state index in [1.54, 1.807) is 0 Å². The topological polar surface area (TPSA) is 6.48 Å². The van der Waals surface area contributed by atoms with Gasteiger partial charge in [-0.15, -0.1) is 0 Å². The smallest absolute Gasteiger partial charge is 0.00106 e. The summed E-state index contributed by atoms with van der Waals surface area (Å²) in [4.78, 5) is 5.47. The second kappa shape index (κ2) is 20.8. The Hall–Kier alpha value is -0.0800. The first-order valence-electron chi connectivity index (χ1n) is 14.2. The van der Waals surface area contributed by atoms with E-state index >= 15 is 0 Å². The van der Waals surface area contributed by atoms with E-state index in [0.29, 0.717) is 0 Å². The Labute approximate surface area is 191 Å². The first-order chi connectivity index (χ1) is 14.8. The van der Waals surface area contributed by atoms with Gasteiger partial charge in [-0.1, -0.05) is 104 Å². The maximum Gasteiger partial charge on any atom is 0.00106 e. The second-order valence-electron chi connectivity index (χ2n) is 10.2. The third-order valence-corrected chi connectivity index (χ3v) is 7.13. The van der Waals surface area contributed by atoms with E-state index in [1.807, 2.05) is 0 Å². The fourth-order valence-corrected chi connectivity index (χ4v) is 5.21. The van der Waals surface area contributed by atoms with Crippen LogP contribution in [0.5, 0.6) is 0 Å². The summed E-state index contributed by atoms with van der Waals surface area (Å²) in [5.41, 5.74) is 0. The van der Waals surface area contributed by atoms with Gasteiger partial charge >= 0.3 is 0 Å². The molecule has 0 amide bonds. The predicted molar refractivity (Wildman–Crippen MR) is 136 cm³/mol. The predicted octanol–water partition coefficient (Wildman–Crippen LogP) is 8.30. The van der Waals surface area contributed by atoms with Gasteiger partial charge in [0.1, 0.15) is 0 Å². The van der Waals surface area contributed by atoms with Crippen molar-refractivity contribution in [1.82, 2.24) is 9.80 Å². The minimum atomic E-state index is 0.954. The molecule has 0 aromatic rings. The fourth-order valence-electron chi connectivity index (χ4n) is 5.21. The minimum Gasteiger partial charge on any atom is -0.303 e. The van der Waals surface area contributed by atoms with E-state index in [0.717, 1.165) is 5.92 Å². The zero-order valence-corrected chi connectivity index (χ0v) is 21.4. The Kier molecular flexibility index (Phi) is 19.4. The SMILES string of the molecule is CCCCCCCCCCCCCCCCN1CCC(CN(CCC)CCC)CC1. The van der Waals surface area contributed by atoms with Gasteiger partial charge in [0, 0.05) is 6.54 Å². The quantitative estimate of drug-likeness (QED) is 0.172. The van der Waals surface area contributed by atoms with E-state index in [9.17, 15) is 0 Å². The molecule has 0 saturated carbocycles. The monoisotopic (exact) mass is 422 g/mol. The number of hydrogen-bond acceptors (Lipinski definition) is 2. The van der Waals surface area contributed by atoms with E-state index in [2.05, 4.69) is 30.6 Å². The van der Waals surface area contributed by atoms with Crippen LogP contribution in [-0.4, -0.2) is 49.1 Å². The molecule has 1 saturated heterocycles. The van der Waals surface area contributed by atoms with Crippen molar-refractivity contribution in [3.8, 4) is 0 Å². The zero-order chi connectivity index (χ0) is 21.7. The van der Waals surface area contributed by atoms with Crippen molar-refractivity contribution in [3.63, 3.8) is 0 Å². The van der Waals surface area contributed by atoms with Crippen LogP contribution in [0.3, 0.4) is 0 Å². The maximum atomic E-state index is 2.75. The van der Waals surface area contributed by atoms with Crippen molar-refractivity contribution < 1.29 is 0 Å². The molecular formula is C28H58N2. The van der Waals surface area contributed by atoms with E-state index in [1.165, 1.54) is 155 Å². The molecule has 0 spiro atoms. The van der Waals surface area contributed by atoms with E-state index < -0.39 is 0 Å². The highest BCUT2D eigenvalue weighted by atomic mass is 15.1. The molecule has 30 heavy (non-hydrogen) atoms. The van der Waals surface area contributed by atoms with Crippen LogP contribution in [0.25, 0.3) is 0 Å². The van der Waals surface area contributed by atoms with Crippen LogP contribution < -0.4 is 0 Å². The van der Waals surface area contributed by atoms with Crippen LogP contribution in [0.1, 0.15) is 136 Å². The lowest BCUT2D eigenvalue weighted by Crippen LogP contribution is -2.39. The molecule has 0 aromatic carbocycles. The van der Waals surface area contributed by atoms with Crippen molar-refractivity contribution in [2.75, 3.05) is 39.3 Å². The first kappa shape index (κ1) is 28.0. The van der Waals surface area contributed by atoms with Crippen molar-refractivity contribution >= 4 is 0 Å². The number of likely N-dealkylation sites (tertiary alicyclic amines) is 1. The number of piperidine rings is 1. The standard InChI is InChI=1S/C28H58N2/c1-4-7-8-9-10-11-12-13-14-15-16-17-18-19-24-29-25-20-28(21-26-29)27-30(22-5-2)23-6-3/h28H,4-27H2,1-3H3. The van der Waals surface area contributed by atoms with Crippen molar-refractivity contribution in [3.05, 3.63) is 0 Å². The molecule has 1 fully saturated rings. The normalized spacial score (nSPS) is 16.0. The molecule has 0 N–H and O–H groups in total. The molecule has 0 radical (unpaired) electrons. The lowest BCUT2D eigenvalue weighted by molar-refractivity contribution is 0.141. The van der Waals surface area contributed by atoms with Crippen LogP contribution >= 0.6 is 0 Å². The van der Waals surface area contributed by atoms with Gasteiger partial charge in [0.15, 0.2) is 0 Å².